The topological polar surface area (TPSA) is 24.9 Å². The summed E-state index contributed by atoms with van der Waals surface area (Å²) < 4.78 is 1.17. The SMILES string of the molecule is Clc1ccc2scnc2c1NC(c1ccccc1)C1CC1. The van der Waals surface area contributed by atoms with Crippen LogP contribution in [-0.2, 0) is 0 Å². The number of nitrogens with one attached hydrogen (secondary N) is 1. The van der Waals surface area contributed by atoms with Crippen LogP contribution in [-0.4, -0.2) is 4.98 Å². The van der Waals surface area contributed by atoms with Crippen LogP contribution in [0.4, 0.5) is 5.69 Å². The van der Waals surface area contributed by atoms with Gasteiger partial charge >= 0.3 is 0 Å². The van der Waals surface area contributed by atoms with Crippen molar-refractivity contribution in [2.75, 3.05) is 5.32 Å². The summed E-state index contributed by atoms with van der Waals surface area (Å²) in [6.07, 6.45) is 2.55. The Morgan fingerprint density at radius 3 is 2.71 bits per heavy atom. The molecule has 1 fully saturated rings. The van der Waals surface area contributed by atoms with E-state index >= 15 is 0 Å². The summed E-state index contributed by atoms with van der Waals surface area (Å²) in [7, 11) is 0. The lowest BCUT2D eigenvalue weighted by atomic mass is 10.0. The van der Waals surface area contributed by atoms with Crippen molar-refractivity contribution in [2.45, 2.75) is 18.9 Å². The minimum absolute atomic E-state index is 0.316. The Morgan fingerprint density at radius 2 is 1.95 bits per heavy atom. The summed E-state index contributed by atoms with van der Waals surface area (Å²) in [6.45, 7) is 0. The molecular formula is C17H15ClN2S. The monoisotopic (exact) mass is 314 g/mol. The van der Waals surface area contributed by atoms with Crippen molar-refractivity contribution in [3.63, 3.8) is 0 Å². The highest BCUT2D eigenvalue weighted by Gasteiger charge is 2.33. The number of halogens is 1. The predicted octanol–water partition coefficient (Wildman–Crippen LogP) is 5.51. The van der Waals surface area contributed by atoms with Crippen LogP contribution in [0.5, 0.6) is 0 Å². The van der Waals surface area contributed by atoms with Crippen LogP contribution in [0.15, 0.2) is 48.0 Å². The van der Waals surface area contributed by atoms with Gasteiger partial charge in [-0.05, 0) is 36.5 Å². The van der Waals surface area contributed by atoms with E-state index in [1.165, 1.54) is 23.1 Å². The number of hydrogen-bond acceptors (Lipinski definition) is 3. The fourth-order valence-corrected chi connectivity index (χ4v) is 3.65. The highest BCUT2D eigenvalue weighted by molar-refractivity contribution is 7.16. The van der Waals surface area contributed by atoms with Gasteiger partial charge in [0.05, 0.1) is 27.0 Å². The number of fused-ring (bicyclic) bond motifs is 1. The van der Waals surface area contributed by atoms with Crippen molar-refractivity contribution in [1.82, 2.24) is 4.98 Å². The first-order valence-corrected chi connectivity index (χ1v) is 8.42. The van der Waals surface area contributed by atoms with Crippen LogP contribution in [0, 0.1) is 5.92 Å². The third-order valence-corrected chi connectivity index (χ3v) is 5.11. The molecule has 0 saturated heterocycles. The Morgan fingerprint density at radius 1 is 1.14 bits per heavy atom. The number of hydrogen-bond donors (Lipinski definition) is 1. The van der Waals surface area contributed by atoms with E-state index < -0.39 is 0 Å². The van der Waals surface area contributed by atoms with Crippen LogP contribution >= 0.6 is 22.9 Å². The molecule has 1 unspecified atom stereocenters. The summed E-state index contributed by atoms with van der Waals surface area (Å²) in [5, 5.41) is 4.41. The van der Waals surface area contributed by atoms with Gasteiger partial charge in [0.15, 0.2) is 0 Å². The molecule has 1 heterocycles. The molecule has 0 spiro atoms. The second-order valence-electron chi connectivity index (χ2n) is 5.49. The molecule has 2 nitrogen and oxygen atoms in total. The second kappa shape index (κ2) is 5.32. The van der Waals surface area contributed by atoms with Gasteiger partial charge in [-0.3, -0.25) is 0 Å². The van der Waals surface area contributed by atoms with E-state index in [2.05, 4.69) is 40.6 Å². The van der Waals surface area contributed by atoms with Crippen LogP contribution in [0.3, 0.4) is 0 Å². The molecule has 106 valence electrons. The molecule has 21 heavy (non-hydrogen) atoms. The molecule has 1 saturated carbocycles. The minimum Gasteiger partial charge on any atom is -0.375 e. The quantitative estimate of drug-likeness (QED) is 0.686. The summed E-state index contributed by atoms with van der Waals surface area (Å²) in [6, 6.07) is 14.9. The zero-order chi connectivity index (χ0) is 14.2. The molecule has 0 bridgehead atoms. The first kappa shape index (κ1) is 13.1. The lowest BCUT2D eigenvalue weighted by Gasteiger charge is -2.21. The molecule has 0 amide bonds. The normalized spacial score (nSPS) is 16.0. The molecule has 1 aromatic heterocycles. The number of thiazole rings is 1. The van der Waals surface area contributed by atoms with E-state index in [1.807, 2.05) is 17.6 Å². The van der Waals surface area contributed by atoms with E-state index in [-0.39, 0.29) is 0 Å². The van der Waals surface area contributed by atoms with Gasteiger partial charge in [-0.25, -0.2) is 4.98 Å². The molecule has 1 aliphatic rings. The maximum Gasteiger partial charge on any atom is 0.106 e. The van der Waals surface area contributed by atoms with Gasteiger partial charge in [-0.1, -0.05) is 41.9 Å². The van der Waals surface area contributed by atoms with Crippen molar-refractivity contribution in [1.29, 1.82) is 0 Å². The van der Waals surface area contributed by atoms with Gasteiger partial charge in [0.1, 0.15) is 5.52 Å². The van der Waals surface area contributed by atoms with Crippen LogP contribution in [0.25, 0.3) is 10.2 Å². The highest BCUT2D eigenvalue weighted by Crippen LogP contribution is 2.44. The van der Waals surface area contributed by atoms with Gasteiger partial charge in [0.2, 0.25) is 0 Å². The Balaban J connectivity index is 1.75. The average Bonchev–Trinajstić information content (AvgIpc) is 3.24. The van der Waals surface area contributed by atoms with Gasteiger partial charge < -0.3 is 5.32 Å². The maximum atomic E-state index is 6.42. The van der Waals surface area contributed by atoms with Crippen LogP contribution in [0.1, 0.15) is 24.4 Å². The van der Waals surface area contributed by atoms with Gasteiger partial charge in [-0.2, -0.15) is 0 Å². The lowest BCUT2D eigenvalue weighted by Crippen LogP contribution is -2.13. The molecule has 1 atom stereocenters. The molecule has 3 aromatic rings. The standard InChI is InChI=1S/C17H15ClN2S/c18-13-8-9-14-17(19-10-21-14)16(13)20-15(12-6-7-12)11-4-2-1-3-5-11/h1-5,8-10,12,15,20H,6-7H2. The summed E-state index contributed by atoms with van der Waals surface area (Å²) in [5.41, 5.74) is 5.15. The van der Waals surface area contributed by atoms with Gasteiger partial charge in [0, 0.05) is 0 Å². The second-order valence-corrected chi connectivity index (χ2v) is 6.79. The summed E-state index contributed by atoms with van der Waals surface area (Å²) in [5.74, 6) is 0.692. The first-order valence-electron chi connectivity index (χ1n) is 7.16. The van der Waals surface area contributed by atoms with Crippen molar-refractivity contribution in [3.05, 3.63) is 58.6 Å². The fraction of sp³-hybridized carbons (Fsp3) is 0.235. The number of benzene rings is 2. The van der Waals surface area contributed by atoms with Crippen molar-refractivity contribution >= 4 is 38.8 Å². The largest absolute Gasteiger partial charge is 0.375 e. The van der Waals surface area contributed by atoms with E-state index in [0.717, 1.165) is 16.2 Å². The molecule has 1 aliphatic carbocycles. The molecular weight excluding hydrogens is 300 g/mol. The molecule has 4 rings (SSSR count). The Bertz CT molecular complexity index is 765. The summed E-state index contributed by atoms with van der Waals surface area (Å²) in [4.78, 5) is 4.48. The molecule has 1 N–H and O–H groups in total. The lowest BCUT2D eigenvalue weighted by molar-refractivity contribution is 0.680. The number of aromatic nitrogens is 1. The number of rotatable bonds is 4. The zero-order valence-corrected chi connectivity index (χ0v) is 13.0. The fourth-order valence-electron chi connectivity index (χ4n) is 2.76. The third-order valence-electron chi connectivity index (χ3n) is 4.00. The van der Waals surface area contributed by atoms with Gasteiger partial charge in [0.25, 0.3) is 0 Å². The van der Waals surface area contributed by atoms with E-state index in [0.29, 0.717) is 12.0 Å². The van der Waals surface area contributed by atoms with Crippen molar-refractivity contribution < 1.29 is 0 Å². The van der Waals surface area contributed by atoms with Crippen molar-refractivity contribution in [3.8, 4) is 0 Å². The smallest absolute Gasteiger partial charge is 0.106 e. The molecule has 4 heteroatoms. The Kier molecular flexibility index (Phi) is 3.32. The van der Waals surface area contributed by atoms with Crippen molar-refractivity contribution in [2.24, 2.45) is 5.92 Å². The Labute approximate surface area is 132 Å². The molecule has 0 radical (unpaired) electrons. The summed E-state index contributed by atoms with van der Waals surface area (Å²) >= 11 is 8.07. The molecule has 2 aromatic carbocycles. The predicted molar refractivity (Wildman–Crippen MR) is 90.2 cm³/mol. The van der Waals surface area contributed by atoms with Crippen LogP contribution < -0.4 is 5.32 Å². The van der Waals surface area contributed by atoms with Gasteiger partial charge in [-0.15, -0.1) is 11.3 Å². The van der Waals surface area contributed by atoms with E-state index in [4.69, 9.17) is 11.6 Å². The first-order chi connectivity index (χ1) is 10.3. The maximum absolute atomic E-state index is 6.42. The number of nitrogens with zero attached hydrogens (tertiary/aromatic N) is 1. The average molecular weight is 315 g/mol. The minimum atomic E-state index is 0.316. The van der Waals surface area contributed by atoms with E-state index in [1.54, 1.807) is 11.3 Å². The molecule has 0 aliphatic heterocycles. The number of anilines is 1. The van der Waals surface area contributed by atoms with Crippen LogP contribution in [0.2, 0.25) is 5.02 Å². The van der Waals surface area contributed by atoms with E-state index in [9.17, 15) is 0 Å². The zero-order valence-electron chi connectivity index (χ0n) is 11.4. The highest BCUT2D eigenvalue weighted by atomic mass is 35.5. The third kappa shape index (κ3) is 2.52. The Hall–Kier alpha value is -1.58.